The largest absolute Gasteiger partial charge is 0.497 e. The van der Waals surface area contributed by atoms with Crippen molar-refractivity contribution in [3.8, 4) is 5.75 Å². The van der Waals surface area contributed by atoms with Crippen LogP contribution in [0.5, 0.6) is 5.75 Å². The molecule has 0 saturated heterocycles. The van der Waals surface area contributed by atoms with Crippen molar-refractivity contribution >= 4 is 11.9 Å². The molecule has 0 spiro atoms. The number of ether oxygens (including phenoxy) is 1. The minimum Gasteiger partial charge on any atom is -0.497 e. The van der Waals surface area contributed by atoms with Crippen molar-refractivity contribution in [2.75, 3.05) is 7.11 Å². The highest BCUT2D eigenvalue weighted by molar-refractivity contribution is 5.77. The number of carboxylic acid groups (broad SMARTS) is 1. The molecule has 2 N–H and O–H groups in total. The zero-order chi connectivity index (χ0) is 14.3. The number of methoxy groups -OCH3 is 1. The fraction of sp³-hybridized carbons (Fsp3) is 0.429. The third-order valence-electron chi connectivity index (χ3n) is 2.77. The zero-order valence-electron chi connectivity index (χ0n) is 11.2. The Morgan fingerprint density at radius 1 is 1.37 bits per heavy atom. The molecule has 5 heteroatoms. The lowest BCUT2D eigenvalue weighted by molar-refractivity contribution is -0.137. The van der Waals surface area contributed by atoms with Crippen LogP contribution >= 0.6 is 0 Å². The third-order valence-corrected chi connectivity index (χ3v) is 2.77. The van der Waals surface area contributed by atoms with Crippen LogP contribution in [0.4, 0.5) is 0 Å². The standard InChI is InChI=1S/C14H19NO4/c1-10(11-5-3-6-12(9-11)19-2)15-13(16)7-4-8-14(17)18/h3,5-6,9-10H,4,7-8H2,1-2H3,(H,15,16)(H,17,18). The van der Waals surface area contributed by atoms with Crippen LogP contribution in [-0.4, -0.2) is 24.1 Å². The van der Waals surface area contributed by atoms with Gasteiger partial charge in [0.15, 0.2) is 0 Å². The molecule has 5 nitrogen and oxygen atoms in total. The number of rotatable bonds is 7. The molecule has 0 radical (unpaired) electrons. The summed E-state index contributed by atoms with van der Waals surface area (Å²) in [6.45, 7) is 1.88. The second-order valence-electron chi connectivity index (χ2n) is 4.31. The highest BCUT2D eigenvalue weighted by atomic mass is 16.5. The summed E-state index contributed by atoms with van der Waals surface area (Å²) in [5.74, 6) is -0.283. The Labute approximate surface area is 112 Å². The van der Waals surface area contributed by atoms with Gasteiger partial charge in [0.05, 0.1) is 13.2 Å². The summed E-state index contributed by atoms with van der Waals surface area (Å²) >= 11 is 0. The lowest BCUT2D eigenvalue weighted by Crippen LogP contribution is -2.26. The molecule has 1 amide bonds. The van der Waals surface area contributed by atoms with Crippen molar-refractivity contribution in [3.05, 3.63) is 29.8 Å². The van der Waals surface area contributed by atoms with Crippen molar-refractivity contribution in [3.63, 3.8) is 0 Å². The van der Waals surface area contributed by atoms with E-state index < -0.39 is 5.97 Å². The molecule has 0 aliphatic carbocycles. The van der Waals surface area contributed by atoms with E-state index >= 15 is 0 Å². The summed E-state index contributed by atoms with van der Waals surface area (Å²) in [7, 11) is 1.59. The Morgan fingerprint density at radius 2 is 2.11 bits per heavy atom. The van der Waals surface area contributed by atoms with E-state index in [2.05, 4.69) is 5.32 Å². The van der Waals surface area contributed by atoms with Gasteiger partial charge in [-0.05, 0) is 31.0 Å². The van der Waals surface area contributed by atoms with Crippen molar-refractivity contribution in [2.24, 2.45) is 0 Å². The SMILES string of the molecule is COc1cccc(C(C)NC(=O)CCCC(=O)O)c1. The zero-order valence-corrected chi connectivity index (χ0v) is 11.2. The minimum atomic E-state index is -0.881. The number of carbonyl (C=O) groups is 2. The van der Waals surface area contributed by atoms with E-state index in [-0.39, 0.29) is 24.8 Å². The highest BCUT2D eigenvalue weighted by Crippen LogP contribution is 2.18. The van der Waals surface area contributed by atoms with E-state index in [9.17, 15) is 9.59 Å². The Hall–Kier alpha value is -2.04. The van der Waals surface area contributed by atoms with Gasteiger partial charge in [0.2, 0.25) is 5.91 Å². The summed E-state index contributed by atoms with van der Waals surface area (Å²) in [6, 6.07) is 7.34. The summed E-state index contributed by atoms with van der Waals surface area (Å²) in [5.41, 5.74) is 0.950. The van der Waals surface area contributed by atoms with E-state index in [1.807, 2.05) is 31.2 Å². The first-order valence-corrected chi connectivity index (χ1v) is 6.18. The first-order chi connectivity index (χ1) is 9.02. The van der Waals surface area contributed by atoms with Gasteiger partial charge < -0.3 is 15.2 Å². The van der Waals surface area contributed by atoms with E-state index in [1.165, 1.54) is 0 Å². The van der Waals surface area contributed by atoms with Gasteiger partial charge >= 0.3 is 5.97 Å². The lowest BCUT2D eigenvalue weighted by Gasteiger charge is -2.15. The average Bonchev–Trinajstić information content (AvgIpc) is 2.38. The van der Waals surface area contributed by atoms with Crippen LogP contribution in [0.1, 0.15) is 37.8 Å². The third kappa shape index (κ3) is 5.42. The summed E-state index contributed by atoms with van der Waals surface area (Å²) in [4.78, 5) is 22.0. The van der Waals surface area contributed by atoms with Crippen LogP contribution in [0.3, 0.4) is 0 Å². The van der Waals surface area contributed by atoms with Gasteiger partial charge in [-0.15, -0.1) is 0 Å². The van der Waals surface area contributed by atoms with Crippen molar-refractivity contribution in [1.82, 2.24) is 5.32 Å². The highest BCUT2D eigenvalue weighted by Gasteiger charge is 2.10. The van der Waals surface area contributed by atoms with Crippen LogP contribution in [0.15, 0.2) is 24.3 Å². The Bertz CT molecular complexity index is 445. The molecule has 0 fully saturated rings. The molecule has 0 bridgehead atoms. The molecule has 19 heavy (non-hydrogen) atoms. The number of benzene rings is 1. The lowest BCUT2D eigenvalue weighted by atomic mass is 10.1. The average molecular weight is 265 g/mol. The Kier molecular flexibility index (Phi) is 5.85. The predicted molar refractivity (Wildman–Crippen MR) is 71.0 cm³/mol. The van der Waals surface area contributed by atoms with E-state index in [4.69, 9.17) is 9.84 Å². The first kappa shape index (κ1) is 15.0. The predicted octanol–water partition coefficient (Wildman–Crippen LogP) is 2.13. The van der Waals surface area contributed by atoms with E-state index in [0.717, 1.165) is 11.3 Å². The van der Waals surface area contributed by atoms with Gasteiger partial charge in [0.25, 0.3) is 0 Å². The molecule has 1 unspecified atom stereocenters. The van der Waals surface area contributed by atoms with Gasteiger partial charge in [0.1, 0.15) is 5.75 Å². The van der Waals surface area contributed by atoms with Crippen molar-refractivity contribution in [1.29, 1.82) is 0 Å². The van der Waals surface area contributed by atoms with Gasteiger partial charge in [-0.3, -0.25) is 9.59 Å². The molecular formula is C14H19NO4. The molecule has 1 aromatic rings. The first-order valence-electron chi connectivity index (χ1n) is 6.18. The second-order valence-corrected chi connectivity index (χ2v) is 4.31. The monoisotopic (exact) mass is 265 g/mol. The molecule has 1 atom stereocenters. The Morgan fingerprint density at radius 3 is 2.74 bits per heavy atom. The molecular weight excluding hydrogens is 246 g/mol. The maximum Gasteiger partial charge on any atom is 0.303 e. The smallest absolute Gasteiger partial charge is 0.303 e. The molecule has 0 aromatic heterocycles. The van der Waals surface area contributed by atoms with Gasteiger partial charge in [-0.25, -0.2) is 0 Å². The molecule has 0 heterocycles. The number of carboxylic acids is 1. The number of carbonyl (C=O) groups excluding carboxylic acids is 1. The van der Waals surface area contributed by atoms with Crippen LogP contribution in [0.25, 0.3) is 0 Å². The Balaban J connectivity index is 2.46. The normalized spacial score (nSPS) is 11.7. The molecule has 1 aromatic carbocycles. The topological polar surface area (TPSA) is 75.6 Å². The quantitative estimate of drug-likeness (QED) is 0.792. The fourth-order valence-electron chi connectivity index (χ4n) is 1.71. The van der Waals surface area contributed by atoms with Gasteiger partial charge in [-0.1, -0.05) is 12.1 Å². The minimum absolute atomic E-state index is 0.0148. The maximum absolute atomic E-state index is 11.6. The number of amides is 1. The van der Waals surface area contributed by atoms with Crippen molar-refractivity contribution in [2.45, 2.75) is 32.2 Å². The summed E-state index contributed by atoms with van der Waals surface area (Å²) in [6.07, 6.45) is 0.591. The molecule has 104 valence electrons. The number of hydrogen-bond acceptors (Lipinski definition) is 3. The molecule has 0 saturated carbocycles. The van der Waals surface area contributed by atoms with Crippen molar-refractivity contribution < 1.29 is 19.4 Å². The van der Waals surface area contributed by atoms with Gasteiger partial charge in [0, 0.05) is 12.8 Å². The van der Waals surface area contributed by atoms with Gasteiger partial charge in [-0.2, -0.15) is 0 Å². The molecule has 0 aliphatic heterocycles. The second kappa shape index (κ2) is 7.41. The molecule has 0 aliphatic rings. The van der Waals surface area contributed by atoms with Crippen LogP contribution in [-0.2, 0) is 9.59 Å². The van der Waals surface area contributed by atoms with Crippen LogP contribution in [0.2, 0.25) is 0 Å². The van der Waals surface area contributed by atoms with Crippen LogP contribution in [0, 0.1) is 0 Å². The number of aliphatic carboxylic acids is 1. The van der Waals surface area contributed by atoms with E-state index in [0.29, 0.717) is 6.42 Å². The molecule has 1 rings (SSSR count). The summed E-state index contributed by atoms with van der Waals surface area (Å²) in [5, 5.41) is 11.3. The van der Waals surface area contributed by atoms with Crippen LogP contribution < -0.4 is 10.1 Å². The maximum atomic E-state index is 11.6. The number of nitrogens with one attached hydrogen (secondary N) is 1. The summed E-state index contributed by atoms with van der Waals surface area (Å²) < 4.78 is 5.12. The number of hydrogen-bond donors (Lipinski definition) is 2. The fourth-order valence-corrected chi connectivity index (χ4v) is 1.71. The van der Waals surface area contributed by atoms with E-state index in [1.54, 1.807) is 7.11 Å².